The molecule has 1 N–H and O–H groups in total. The van der Waals surface area contributed by atoms with Crippen LogP contribution in [0.15, 0.2) is 28.7 Å². The maximum absolute atomic E-state index is 11.5. The van der Waals surface area contributed by atoms with Gasteiger partial charge >= 0.3 is 5.97 Å². The summed E-state index contributed by atoms with van der Waals surface area (Å²) in [7, 11) is 0. The summed E-state index contributed by atoms with van der Waals surface area (Å²) in [6.07, 6.45) is 1.46. The van der Waals surface area contributed by atoms with Crippen LogP contribution in [0.1, 0.15) is 18.7 Å². The Morgan fingerprint density at radius 3 is 3.00 bits per heavy atom. The first-order valence-electron chi connectivity index (χ1n) is 7.30. The van der Waals surface area contributed by atoms with E-state index < -0.39 is 12.0 Å². The van der Waals surface area contributed by atoms with Crippen LogP contribution in [-0.2, 0) is 4.79 Å². The van der Waals surface area contributed by atoms with Gasteiger partial charge in [0, 0.05) is 11.9 Å². The molecule has 1 aliphatic rings. The highest BCUT2D eigenvalue weighted by molar-refractivity contribution is 6.06. The Morgan fingerprint density at radius 1 is 1.36 bits per heavy atom. The van der Waals surface area contributed by atoms with E-state index in [0.717, 1.165) is 22.9 Å². The van der Waals surface area contributed by atoms with Crippen LogP contribution in [0.4, 0.5) is 5.82 Å². The molecule has 1 saturated heterocycles. The maximum Gasteiger partial charge on any atom is 0.326 e. The lowest BCUT2D eigenvalue weighted by atomic mass is 10.2. The molecule has 22 heavy (non-hydrogen) atoms. The first-order chi connectivity index (χ1) is 10.6. The number of aryl methyl sites for hydroxylation is 1. The number of hydrogen-bond acceptors (Lipinski definition) is 5. The molecule has 1 aromatic carbocycles. The van der Waals surface area contributed by atoms with Gasteiger partial charge in [-0.3, -0.25) is 0 Å². The Balaban J connectivity index is 1.99. The predicted molar refractivity (Wildman–Crippen MR) is 82.1 cm³/mol. The van der Waals surface area contributed by atoms with Crippen LogP contribution in [0.5, 0.6) is 0 Å². The molecular weight excluding hydrogens is 282 g/mol. The van der Waals surface area contributed by atoms with E-state index in [0.29, 0.717) is 30.2 Å². The number of nitrogens with zero attached hydrogens (tertiary/aromatic N) is 3. The number of aliphatic carboxylic acids is 1. The van der Waals surface area contributed by atoms with Crippen molar-refractivity contribution < 1.29 is 14.3 Å². The minimum absolute atomic E-state index is 0.550. The number of carboxylic acids is 1. The summed E-state index contributed by atoms with van der Waals surface area (Å²) < 4.78 is 5.92. The summed E-state index contributed by atoms with van der Waals surface area (Å²) in [5, 5.41) is 10.3. The minimum atomic E-state index is -0.821. The average Bonchev–Trinajstić information content (AvgIpc) is 3.11. The molecular formula is C16H15N3O3. The molecule has 0 spiro atoms. The number of rotatable bonds is 2. The molecule has 1 fully saturated rings. The highest BCUT2D eigenvalue weighted by Gasteiger charge is 2.33. The van der Waals surface area contributed by atoms with Crippen molar-refractivity contribution in [3.05, 3.63) is 30.1 Å². The largest absolute Gasteiger partial charge is 0.480 e. The second-order valence-corrected chi connectivity index (χ2v) is 5.56. The van der Waals surface area contributed by atoms with Crippen molar-refractivity contribution in [2.24, 2.45) is 0 Å². The van der Waals surface area contributed by atoms with Crippen molar-refractivity contribution in [3.63, 3.8) is 0 Å². The first-order valence-corrected chi connectivity index (χ1v) is 7.30. The third-order valence-corrected chi connectivity index (χ3v) is 4.12. The average molecular weight is 297 g/mol. The summed E-state index contributed by atoms with van der Waals surface area (Å²) in [6, 6.07) is 7.13. The topological polar surface area (TPSA) is 79.5 Å². The van der Waals surface area contributed by atoms with E-state index in [4.69, 9.17) is 4.42 Å². The molecule has 0 unspecified atom stereocenters. The minimum Gasteiger partial charge on any atom is -0.480 e. The third-order valence-electron chi connectivity index (χ3n) is 4.12. The van der Waals surface area contributed by atoms with E-state index in [1.165, 1.54) is 0 Å². The highest BCUT2D eigenvalue weighted by Crippen LogP contribution is 2.35. The van der Waals surface area contributed by atoms with Gasteiger partial charge in [0.2, 0.25) is 0 Å². The SMILES string of the molecule is Cc1nc(N2CCC[C@@H]2C(=O)O)c2oc3ccccc3c2n1. The van der Waals surface area contributed by atoms with Crippen molar-refractivity contribution in [1.29, 1.82) is 0 Å². The fourth-order valence-electron chi connectivity index (χ4n) is 3.16. The third kappa shape index (κ3) is 1.83. The van der Waals surface area contributed by atoms with Crippen molar-refractivity contribution in [3.8, 4) is 0 Å². The zero-order chi connectivity index (χ0) is 15.3. The fourth-order valence-corrected chi connectivity index (χ4v) is 3.16. The molecule has 6 nitrogen and oxygen atoms in total. The summed E-state index contributed by atoms with van der Waals surface area (Å²) in [5.41, 5.74) is 2.05. The van der Waals surface area contributed by atoms with Crippen molar-refractivity contribution in [2.75, 3.05) is 11.4 Å². The molecule has 3 aromatic rings. The van der Waals surface area contributed by atoms with Gasteiger partial charge in [0.05, 0.1) is 0 Å². The molecule has 1 aliphatic heterocycles. The number of anilines is 1. The van der Waals surface area contributed by atoms with Crippen LogP contribution in [0, 0.1) is 6.92 Å². The summed E-state index contributed by atoms with van der Waals surface area (Å²) >= 11 is 0. The number of hydrogen-bond donors (Lipinski definition) is 1. The van der Waals surface area contributed by atoms with Gasteiger partial charge in [-0.05, 0) is 31.9 Å². The highest BCUT2D eigenvalue weighted by atomic mass is 16.4. The summed E-state index contributed by atoms with van der Waals surface area (Å²) in [6.45, 7) is 2.48. The Labute approximate surface area is 126 Å². The van der Waals surface area contributed by atoms with Crippen LogP contribution in [0.25, 0.3) is 22.1 Å². The van der Waals surface area contributed by atoms with Gasteiger partial charge in [-0.2, -0.15) is 0 Å². The number of carbonyl (C=O) groups is 1. The number of para-hydroxylation sites is 1. The van der Waals surface area contributed by atoms with Gasteiger partial charge in [0.25, 0.3) is 0 Å². The second kappa shape index (κ2) is 4.69. The van der Waals surface area contributed by atoms with E-state index in [9.17, 15) is 9.90 Å². The van der Waals surface area contributed by atoms with Crippen molar-refractivity contribution in [2.45, 2.75) is 25.8 Å². The Bertz CT molecular complexity index is 887. The van der Waals surface area contributed by atoms with Crippen LogP contribution in [0.3, 0.4) is 0 Å². The molecule has 0 bridgehead atoms. The Kier molecular flexibility index (Phi) is 2.79. The molecule has 4 rings (SSSR count). The summed E-state index contributed by atoms with van der Waals surface area (Å²) in [5.74, 6) is 0.381. The molecule has 2 aromatic heterocycles. The van der Waals surface area contributed by atoms with E-state index in [2.05, 4.69) is 9.97 Å². The lowest BCUT2D eigenvalue weighted by Crippen LogP contribution is -2.36. The van der Waals surface area contributed by atoms with Gasteiger partial charge in [0.1, 0.15) is 23.0 Å². The van der Waals surface area contributed by atoms with Gasteiger partial charge in [-0.15, -0.1) is 0 Å². The molecule has 1 atom stereocenters. The fraction of sp³-hybridized carbons (Fsp3) is 0.312. The second-order valence-electron chi connectivity index (χ2n) is 5.56. The Hall–Kier alpha value is -2.63. The van der Waals surface area contributed by atoms with Crippen LogP contribution in [0.2, 0.25) is 0 Å². The van der Waals surface area contributed by atoms with E-state index in [-0.39, 0.29) is 0 Å². The number of furan rings is 1. The zero-order valence-electron chi connectivity index (χ0n) is 12.1. The van der Waals surface area contributed by atoms with E-state index >= 15 is 0 Å². The lowest BCUT2D eigenvalue weighted by Gasteiger charge is -2.22. The Morgan fingerprint density at radius 2 is 2.18 bits per heavy atom. The van der Waals surface area contributed by atoms with Crippen molar-refractivity contribution in [1.82, 2.24) is 9.97 Å². The van der Waals surface area contributed by atoms with Crippen LogP contribution in [-0.4, -0.2) is 33.6 Å². The first kappa shape index (κ1) is 13.1. The smallest absolute Gasteiger partial charge is 0.326 e. The molecule has 112 valence electrons. The molecule has 6 heteroatoms. The lowest BCUT2D eigenvalue weighted by molar-refractivity contribution is -0.138. The van der Waals surface area contributed by atoms with Crippen molar-refractivity contribution >= 4 is 33.9 Å². The molecule has 3 heterocycles. The standard InChI is InChI=1S/C16H15N3O3/c1-9-17-13-10-5-2-3-7-12(10)22-14(13)15(18-9)19-8-4-6-11(19)16(20)21/h2-3,5,7,11H,4,6,8H2,1H3,(H,20,21)/t11-/m1/s1. The molecule has 0 amide bonds. The van der Waals surface area contributed by atoms with Gasteiger partial charge in [0.15, 0.2) is 11.4 Å². The van der Waals surface area contributed by atoms with Crippen LogP contribution < -0.4 is 4.90 Å². The molecule has 0 radical (unpaired) electrons. The van der Waals surface area contributed by atoms with E-state index in [1.54, 1.807) is 0 Å². The van der Waals surface area contributed by atoms with Crippen LogP contribution >= 0.6 is 0 Å². The van der Waals surface area contributed by atoms with Gasteiger partial charge in [-0.1, -0.05) is 12.1 Å². The number of carboxylic acid groups (broad SMARTS) is 1. The van der Waals surface area contributed by atoms with Gasteiger partial charge < -0.3 is 14.4 Å². The van der Waals surface area contributed by atoms with Gasteiger partial charge in [-0.25, -0.2) is 14.8 Å². The number of fused-ring (bicyclic) bond motifs is 3. The number of aromatic nitrogens is 2. The summed E-state index contributed by atoms with van der Waals surface area (Å²) in [4.78, 5) is 22.2. The predicted octanol–water partition coefficient (Wildman–Crippen LogP) is 2.74. The van der Waals surface area contributed by atoms with E-state index in [1.807, 2.05) is 36.1 Å². The zero-order valence-corrected chi connectivity index (χ0v) is 12.1. The maximum atomic E-state index is 11.5. The molecule has 0 saturated carbocycles. The molecule has 0 aliphatic carbocycles. The quantitative estimate of drug-likeness (QED) is 0.783. The number of benzene rings is 1. The normalized spacial score (nSPS) is 18.4. The monoisotopic (exact) mass is 297 g/mol.